The quantitative estimate of drug-likeness (QED) is 0.656. The molecule has 0 radical (unpaired) electrons. The highest BCUT2D eigenvalue weighted by molar-refractivity contribution is 5.85. The first-order chi connectivity index (χ1) is 5.27. The van der Waals surface area contributed by atoms with Crippen LogP contribution in [0.25, 0.3) is 0 Å². The summed E-state index contributed by atoms with van der Waals surface area (Å²) in [4.78, 5) is 4.29. The van der Waals surface area contributed by atoms with E-state index in [-0.39, 0.29) is 12.4 Å². The zero-order valence-electron chi connectivity index (χ0n) is 7.16. The predicted octanol–water partition coefficient (Wildman–Crippen LogP) is 0.887. The van der Waals surface area contributed by atoms with Crippen molar-refractivity contribution in [3.8, 4) is 0 Å². The van der Waals surface area contributed by atoms with Crippen molar-refractivity contribution in [1.29, 1.82) is 0 Å². The van der Waals surface area contributed by atoms with Gasteiger partial charge in [0.15, 0.2) is 0 Å². The summed E-state index contributed by atoms with van der Waals surface area (Å²) in [6, 6.07) is 0.323. The molecule has 1 atom stereocenters. The van der Waals surface area contributed by atoms with Gasteiger partial charge in [-0.15, -0.1) is 12.4 Å². The summed E-state index contributed by atoms with van der Waals surface area (Å²) in [5.74, 6) is 1.15. The number of rotatable bonds is 0. The third kappa shape index (κ3) is 1.47. The zero-order valence-corrected chi connectivity index (χ0v) is 7.97. The van der Waals surface area contributed by atoms with Crippen LogP contribution in [0.5, 0.6) is 0 Å². The molecule has 0 saturated heterocycles. The molecular weight excluding hydrogens is 174 g/mol. The summed E-state index contributed by atoms with van der Waals surface area (Å²) in [5, 5.41) is 0. The Morgan fingerprint density at radius 1 is 1.67 bits per heavy atom. The first kappa shape index (κ1) is 9.55. The van der Waals surface area contributed by atoms with E-state index in [0.717, 1.165) is 25.2 Å². The molecule has 12 heavy (non-hydrogen) atoms. The molecule has 2 N–H and O–H groups in total. The molecule has 1 aromatic rings. The molecule has 1 aliphatic rings. The van der Waals surface area contributed by atoms with Crippen LogP contribution in [0.1, 0.15) is 17.9 Å². The molecule has 1 aromatic heterocycles. The average Bonchev–Trinajstić information content (AvgIpc) is 2.32. The molecule has 3 nitrogen and oxygen atoms in total. The Balaban J connectivity index is 0.000000720. The topological polar surface area (TPSA) is 43.8 Å². The molecule has 2 heterocycles. The summed E-state index contributed by atoms with van der Waals surface area (Å²) >= 11 is 0. The number of nitrogens with zero attached hydrogens (tertiary/aromatic N) is 2. The molecule has 0 fully saturated rings. The molecular formula is C8H14ClN3. The van der Waals surface area contributed by atoms with Crippen molar-refractivity contribution in [3.05, 3.63) is 17.7 Å². The second-order valence-corrected chi connectivity index (χ2v) is 3.22. The fourth-order valence-corrected chi connectivity index (χ4v) is 1.61. The van der Waals surface area contributed by atoms with E-state index in [1.165, 1.54) is 5.69 Å². The highest BCUT2D eigenvalue weighted by Gasteiger charge is 2.16. The van der Waals surface area contributed by atoms with Crippen LogP contribution in [-0.2, 0) is 13.0 Å². The highest BCUT2D eigenvalue weighted by Crippen LogP contribution is 2.14. The average molecular weight is 188 g/mol. The van der Waals surface area contributed by atoms with E-state index in [9.17, 15) is 0 Å². The molecule has 1 aliphatic heterocycles. The molecule has 0 aliphatic carbocycles. The summed E-state index contributed by atoms with van der Waals surface area (Å²) in [6.45, 7) is 3.13. The van der Waals surface area contributed by atoms with Crippen LogP contribution >= 0.6 is 12.4 Å². The number of nitrogens with two attached hydrogens (primary N) is 1. The third-order valence-corrected chi connectivity index (χ3v) is 2.31. The van der Waals surface area contributed by atoms with Crippen LogP contribution in [0.15, 0.2) is 6.20 Å². The molecule has 2 rings (SSSR count). The van der Waals surface area contributed by atoms with Gasteiger partial charge in [-0.05, 0) is 13.3 Å². The van der Waals surface area contributed by atoms with Crippen molar-refractivity contribution in [1.82, 2.24) is 9.55 Å². The first-order valence-electron chi connectivity index (χ1n) is 4.04. The highest BCUT2D eigenvalue weighted by atomic mass is 35.5. The van der Waals surface area contributed by atoms with Gasteiger partial charge in [0.2, 0.25) is 0 Å². The Morgan fingerprint density at radius 2 is 2.42 bits per heavy atom. The maximum absolute atomic E-state index is 5.81. The van der Waals surface area contributed by atoms with E-state index in [2.05, 4.69) is 16.5 Å². The van der Waals surface area contributed by atoms with Crippen LogP contribution in [0.3, 0.4) is 0 Å². The molecule has 0 aromatic carbocycles. The van der Waals surface area contributed by atoms with Crippen LogP contribution in [0.4, 0.5) is 0 Å². The lowest BCUT2D eigenvalue weighted by Crippen LogP contribution is -2.31. The lowest BCUT2D eigenvalue weighted by Gasteiger charge is -2.20. The van der Waals surface area contributed by atoms with Gasteiger partial charge < -0.3 is 10.3 Å². The monoisotopic (exact) mass is 187 g/mol. The lowest BCUT2D eigenvalue weighted by atomic mass is 10.1. The van der Waals surface area contributed by atoms with Gasteiger partial charge in [0.05, 0.1) is 0 Å². The van der Waals surface area contributed by atoms with Crippen molar-refractivity contribution in [2.45, 2.75) is 32.4 Å². The lowest BCUT2D eigenvalue weighted by molar-refractivity contribution is 0.458. The minimum absolute atomic E-state index is 0. The number of fused-ring (bicyclic) bond motifs is 1. The van der Waals surface area contributed by atoms with E-state index in [0.29, 0.717) is 6.04 Å². The molecule has 68 valence electrons. The van der Waals surface area contributed by atoms with E-state index in [1.54, 1.807) is 0 Å². The Labute approximate surface area is 78.4 Å². The molecule has 0 saturated carbocycles. The molecule has 4 heteroatoms. The number of aromatic nitrogens is 2. The van der Waals surface area contributed by atoms with Crippen molar-refractivity contribution in [3.63, 3.8) is 0 Å². The Morgan fingerprint density at radius 3 is 3.17 bits per heavy atom. The number of imidazole rings is 1. The van der Waals surface area contributed by atoms with E-state index >= 15 is 0 Å². The van der Waals surface area contributed by atoms with Crippen LogP contribution < -0.4 is 5.73 Å². The van der Waals surface area contributed by atoms with Crippen LogP contribution in [0.2, 0.25) is 0 Å². The first-order valence-corrected chi connectivity index (χ1v) is 4.04. The Hall–Kier alpha value is -0.540. The van der Waals surface area contributed by atoms with Crippen molar-refractivity contribution >= 4 is 12.4 Å². The van der Waals surface area contributed by atoms with Gasteiger partial charge in [-0.25, -0.2) is 4.98 Å². The smallest absolute Gasteiger partial charge is 0.110 e. The number of aryl methyl sites for hydroxylation is 1. The fourth-order valence-electron chi connectivity index (χ4n) is 1.61. The summed E-state index contributed by atoms with van der Waals surface area (Å²) < 4.78 is 2.25. The zero-order chi connectivity index (χ0) is 7.84. The molecule has 0 amide bonds. The van der Waals surface area contributed by atoms with E-state index < -0.39 is 0 Å². The van der Waals surface area contributed by atoms with Gasteiger partial charge in [-0.3, -0.25) is 0 Å². The summed E-state index contributed by atoms with van der Waals surface area (Å²) in [5.41, 5.74) is 7.06. The third-order valence-electron chi connectivity index (χ3n) is 2.31. The number of hydrogen-bond donors (Lipinski definition) is 1. The normalized spacial score (nSPS) is 21.3. The second-order valence-electron chi connectivity index (χ2n) is 3.22. The van der Waals surface area contributed by atoms with Crippen LogP contribution in [-0.4, -0.2) is 15.6 Å². The van der Waals surface area contributed by atoms with E-state index in [1.807, 2.05) is 6.20 Å². The van der Waals surface area contributed by atoms with Gasteiger partial charge >= 0.3 is 0 Å². The van der Waals surface area contributed by atoms with Crippen molar-refractivity contribution < 1.29 is 0 Å². The Kier molecular flexibility index (Phi) is 2.75. The van der Waals surface area contributed by atoms with Crippen molar-refractivity contribution in [2.75, 3.05) is 0 Å². The maximum atomic E-state index is 5.81. The van der Waals surface area contributed by atoms with Crippen LogP contribution in [0, 0.1) is 6.92 Å². The Bertz CT molecular complexity index is 269. The minimum atomic E-state index is 0. The molecule has 0 spiro atoms. The predicted molar refractivity (Wildman–Crippen MR) is 50.5 cm³/mol. The van der Waals surface area contributed by atoms with Gasteiger partial charge in [0, 0.05) is 30.9 Å². The maximum Gasteiger partial charge on any atom is 0.110 e. The number of halogens is 1. The second kappa shape index (κ2) is 3.46. The van der Waals surface area contributed by atoms with Crippen molar-refractivity contribution in [2.24, 2.45) is 5.73 Å². The fraction of sp³-hybridized carbons (Fsp3) is 0.625. The molecule has 1 unspecified atom stereocenters. The SMILES string of the molecule is Cc1cnc2n1CCC(N)C2.Cl. The van der Waals surface area contributed by atoms with Gasteiger partial charge in [-0.2, -0.15) is 0 Å². The van der Waals surface area contributed by atoms with Gasteiger partial charge in [0.1, 0.15) is 5.82 Å². The summed E-state index contributed by atoms with van der Waals surface area (Å²) in [7, 11) is 0. The summed E-state index contributed by atoms with van der Waals surface area (Å²) in [6.07, 6.45) is 3.95. The molecule has 0 bridgehead atoms. The van der Waals surface area contributed by atoms with Gasteiger partial charge in [0.25, 0.3) is 0 Å². The largest absolute Gasteiger partial charge is 0.332 e. The van der Waals surface area contributed by atoms with Gasteiger partial charge in [-0.1, -0.05) is 0 Å². The number of hydrogen-bond acceptors (Lipinski definition) is 2. The van der Waals surface area contributed by atoms with E-state index in [4.69, 9.17) is 5.73 Å². The standard InChI is InChI=1S/C8H13N3.ClH/c1-6-5-10-8-4-7(9)2-3-11(6)8;/h5,7H,2-4,9H2,1H3;1H. The minimum Gasteiger partial charge on any atom is -0.332 e.